The van der Waals surface area contributed by atoms with Crippen LogP contribution < -0.4 is 10.2 Å². The molecule has 1 saturated heterocycles. The zero-order valence-corrected chi connectivity index (χ0v) is 13.9. The number of methoxy groups -OCH3 is 1. The lowest BCUT2D eigenvalue weighted by molar-refractivity contribution is 0.0496. The van der Waals surface area contributed by atoms with E-state index >= 15 is 0 Å². The van der Waals surface area contributed by atoms with Gasteiger partial charge in [-0.25, -0.2) is 4.98 Å². The predicted molar refractivity (Wildman–Crippen MR) is 88.9 cm³/mol. The molecule has 3 rings (SSSR count). The number of carbonyl (C=O) groups is 1. The van der Waals surface area contributed by atoms with Crippen LogP contribution in [0, 0.1) is 5.92 Å². The Bertz CT molecular complexity index is 646. The molecule has 1 aliphatic rings. The Morgan fingerprint density at radius 2 is 2.35 bits per heavy atom. The molecular weight excluding hydrogens is 314 g/mol. The molecule has 2 atom stereocenters. The topological polar surface area (TPSA) is 80.2 Å². The summed E-state index contributed by atoms with van der Waals surface area (Å²) in [6, 6.07) is 3.65. The molecule has 23 heavy (non-hydrogen) atoms. The Morgan fingerprint density at radius 1 is 1.48 bits per heavy atom. The Labute approximate surface area is 138 Å². The monoisotopic (exact) mass is 333 g/mol. The summed E-state index contributed by atoms with van der Waals surface area (Å²) in [5.41, 5.74) is 2.07. The Balaban J connectivity index is 1.66. The van der Waals surface area contributed by atoms with E-state index in [9.17, 15) is 4.79 Å². The molecule has 8 heteroatoms. The van der Waals surface area contributed by atoms with E-state index < -0.39 is 0 Å². The zero-order valence-electron chi connectivity index (χ0n) is 13.1. The van der Waals surface area contributed by atoms with E-state index in [1.54, 1.807) is 24.9 Å². The van der Waals surface area contributed by atoms with Gasteiger partial charge < -0.3 is 9.64 Å². The lowest BCUT2D eigenvalue weighted by Gasteiger charge is -2.36. The maximum atomic E-state index is 12.1. The quantitative estimate of drug-likeness (QED) is 0.922. The molecule has 0 radical (unpaired) electrons. The third-order valence-corrected chi connectivity index (χ3v) is 4.71. The van der Waals surface area contributed by atoms with Gasteiger partial charge in [-0.1, -0.05) is 18.3 Å². The molecule has 3 heterocycles. The fourth-order valence-corrected chi connectivity index (χ4v) is 3.09. The summed E-state index contributed by atoms with van der Waals surface area (Å²) in [4.78, 5) is 18.7. The number of ether oxygens (including phenoxy) is 1. The molecule has 0 saturated carbocycles. The van der Waals surface area contributed by atoms with Crippen molar-refractivity contribution in [2.24, 2.45) is 5.92 Å². The van der Waals surface area contributed by atoms with E-state index in [1.807, 2.05) is 6.07 Å². The van der Waals surface area contributed by atoms with E-state index in [0.717, 1.165) is 25.3 Å². The van der Waals surface area contributed by atoms with Crippen molar-refractivity contribution in [3.05, 3.63) is 29.4 Å². The first-order chi connectivity index (χ1) is 11.2. The van der Waals surface area contributed by atoms with Crippen LogP contribution in [0.1, 0.15) is 23.7 Å². The van der Waals surface area contributed by atoms with Crippen LogP contribution in [-0.2, 0) is 4.74 Å². The van der Waals surface area contributed by atoms with Gasteiger partial charge in [-0.15, -0.1) is 10.2 Å². The van der Waals surface area contributed by atoms with Gasteiger partial charge in [-0.2, -0.15) is 0 Å². The predicted octanol–water partition coefficient (Wildman–Crippen LogP) is 2.05. The number of anilines is 2. The molecule has 1 fully saturated rings. The second kappa shape index (κ2) is 7.01. The normalized spacial score (nSPS) is 21.2. The van der Waals surface area contributed by atoms with Crippen LogP contribution in [0.5, 0.6) is 0 Å². The number of piperidine rings is 1. The second-order valence-corrected chi connectivity index (χ2v) is 6.42. The summed E-state index contributed by atoms with van der Waals surface area (Å²) in [7, 11) is 1.75. The molecule has 0 aromatic carbocycles. The van der Waals surface area contributed by atoms with Crippen LogP contribution in [0.2, 0.25) is 0 Å². The Hall–Kier alpha value is -2.06. The van der Waals surface area contributed by atoms with E-state index in [4.69, 9.17) is 4.74 Å². The van der Waals surface area contributed by atoms with Gasteiger partial charge in [0.25, 0.3) is 5.91 Å². The highest BCUT2D eigenvalue weighted by molar-refractivity contribution is 7.13. The maximum Gasteiger partial charge on any atom is 0.259 e. The lowest BCUT2D eigenvalue weighted by Crippen LogP contribution is -2.44. The van der Waals surface area contributed by atoms with Gasteiger partial charge in [0.15, 0.2) is 0 Å². The summed E-state index contributed by atoms with van der Waals surface area (Å²) in [6.07, 6.45) is 2.87. The molecule has 7 nitrogen and oxygen atoms in total. The van der Waals surface area contributed by atoms with Crippen LogP contribution in [-0.4, -0.2) is 47.4 Å². The average Bonchev–Trinajstić information content (AvgIpc) is 3.08. The number of aromatic nitrogens is 3. The summed E-state index contributed by atoms with van der Waals surface area (Å²) in [6.45, 7) is 3.98. The number of carbonyl (C=O) groups excluding carboxylic acids is 1. The molecule has 1 N–H and O–H groups in total. The van der Waals surface area contributed by atoms with Crippen molar-refractivity contribution in [3.8, 4) is 0 Å². The van der Waals surface area contributed by atoms with Crippen LogP contribution in [0.4, 0.5) is 10.9 Å². The van der Waals surface area contributed by atoms with E-state index in [1.165, 1.54) is 11.3 Å². The maximum absolute atomic E-state index is 12.1. The number of nitrogens with one attached hydrogen (secondary N) is 1. The highest BCUT2D eigenvalue weighted by atomic mass is 32.1. The van der Waals surface area contributed by atoms with Crippen molar-refractivity contribution in [2.45, 2.75) is 19.4 Å². The number of nitrogens with zero attached hydrogens (tertiary/aromatic N) is 4. The van der Waals surface area contributed by atoms with Gasteiger partial charge in [-0.05, 0) is 24.5 Å². The molecule has 1 aliphatic heterocycles. The molecule has 0 aliphatic carbocycles. The molecule has 0 spiro atoms. The molecule has 2 aromatic rings. The van der Waals surface area contributed by atoms with Crippen LogP contribution in [0.3, 0.4) is 0 Å². The van der Waals surface area contributed by atoms with Crippen molar-refractivity contribution in [2.75, 3.05) is 30.4 Å². The van der Waals surface area contributed by atoms with Gasteiger partial charge in [0.2, 0.25) is 5.13 Å². The van der Waals surface area contributed by atoms with Crippen molar-refractivity contribution in [1.82, 2.24) is 15.2 Å². The fourth-order valence-electron chi connectivity index (χ4n) is 2.65. The van der Waals surface area contributed by atoms with Gasteiger partial charge in [0.05, 0.1) is 11.7 Å². The SMILES string of the molecule is COC1CN(c2ccc(C(=O)Nc3nncs3)cn2)CCC1C. The molecule has 1 amide bonds. The largest absolute Gasteiger partial charge is 0.379 e. The van der Waals surface area contributed by atoms with Crippen LogP contribution >= 0.6 is 11.3 Å². The smallest absolute Gasteiger partial charge is 0.259 e. The van der Waals surface area contributed by atoms with Gasteiger partial charge >= 0.3 is 0 Å². The zero-order chi connectivity index (χ0) is 16.2. The third-order valence-electron chi connectivity index (χ3n) is 4.11. The van der Waals surface area contributed by atoms with Crippen molar-refractivity contribution in [3.63, 3.8) is 0 Å². The minimum atomic E-state index is -0.233. The second-order valence-electron chi connectivity index (χ2n) is 5.59. The third kappa shape index (κ3) is 3.65. The highest BCUT2D eigenvalue weighted by Gasteiger charge is 2.26. The summed E-state index contributed by atoms with van der Waals surface area (Å²) in [5, 5.41) is 10.6. The molecule has 2 aromatic heterocycles. The molecule has 2 unspecified atom stereocenters. The number of hydrogen-bond donors (Lipinski definition) is 1. The first-order valence-corrected chi connectivity index (χ1v) is 8.36. The Morgan fingerprint density at radius 3 is 3.00 bits per heavy atom. The standard InChI is InChI=1S/C15H19N5O2S/c1-10-5-6-20(8-12(10)22-2)13-4-3-11(7-16-13)14(21)18-15-19-17-9-23-15/h3-4,7,9-10,12H,5-6,8H2,1-2H3,(H,18,19,21). The number of amides is 1. The number of pyridine rings is 1. The number of rotatable bonds is 4. The molecule has 122 valence electrons. The summed E-state index contributed by atoms with van der Waals surface area (Å²) >= 11 is 1.28. The van der Waals surface area contributed by atoms with E-state index in [2.05, 4.69) is 32.3 Å². The first-order valence-electron chi connectivity index (χ1n) is 7.48. The van der Waals surface area contributed by atoms with Crippen LogP contribution in [0.25, 0.3) is 0 Å². The van der Waals surface area contributed by atoms with Gasteiger partial charge in [0, 0.05) is 26.4 Å². The first kappa shape index (κ1) is 15.8. The summed E-state index contributed by atoms with van der Waals surface area (Å²) < 4.78 is 5.53. The van der Waals surface area contributed by atoms with Gasteiger partial charge in [0.1, 0.15) is 11.3 Å². The molecular formula is C15H19N5O2S. The highest BCUT2D eigenvalue weighted by Crippen LogP contribution is 2.23. The lowest BCUT2D eigenvalue weighted by atomic mass is 9.96. The average molecular weight is 333 g/mol. The van der Waals surface area contributed by atoms with Gasteiger partial charge in [-0.3, -0.25) is 10.1 Å². The van der Waals surface area contributed by atoms with Crippen molar-refractivity contribution < 1.29 is 9.53 Å². The fraction of sp³-hybridized carbons (Fsp3) is 0.467. The van der Waals surface area contributed by atoms with Crippen LogP contribution in [0.15, 0.2) is 23.8 Å². The minimum absolute atomic E-state index is 0.214. The number of hydrogen-bond acceptors (Lipinski definition) is 7. The molecule has 0 bridgehead atoms. The van der Waals surface area contributed by atoms with E-state index in [0.29, 0.717) is 16.6 Å². The van der Waals surface area contributed by atoms with E-state index in [-0.39, 0.29) is 12.0 Å². The van der Waals surface area contributed by atoms with Crippen molar-refractivity contribution in [1.29, 1.82) is 0 Å². The van der Waals surface area contributed by atoms with Crippen molar-refractivity contribution >= 4 is 28.2 Å². The minimum Gasteiger partial charge on any atom is -0.379 e. The summed E-state index contributed by atoms with van der Waals surface area (Å²) in [5.74, 6) is 1.18. The Kier molecular flexibility index (Phi) is 4.82.